The van der Waals surface area contributed by atoms with Gasteiger partial charge in [0.15, 0.2) is 0 Å². The molecule has 16 heavy (non-hydrogen) atoms. The summed E-state index contributed by atoms with van der Waals surface area (Å²) in [6.07, 6.45) is 5.72. The van der Waals surface area contributed by atoms with Gasteiger partial charge in [0, 0.05) is 17.1 Å². The van der Waals surface area contributed by atoms with Crippen molar-refractivity contribution in [3.63, 3.8) is 0 Å². The van der Waals surface area contributed by atoms with Crippen LogP contribution >= 0.6 is 0 Å². The normalized spacial score (nSPS) is 15.0. The molecule has 2 aromatic carbocycles. The maximum absolute atomic E-state index is 2.26. The summed E-state index contributed by atoms with van der Waals surface area (Å²) in [5, 5.41) is 0. The van der Waals surface area contributed by atoms with E-state index >= 15 is 0 Å². The van der Waals surface area contributed by atoms with Gasteiger partial charge in [0.1, 0.15) is 0 Å². The Hall–Kier alpha value is -0.781. The molecular formula is C15H18Fe-6. The smallest absolute Gasteiger partial charge is 0 e. The summed E-state index contributed by atoms with van der Waals surface area (Å²) in [6, 6.07) is 18.8. The molecule has 3 rings (SSSR count). The predicted octanol–water partition coefficient (Wildman–Crippen LogP) is 4.47. The van der Waals surface area contributed by atoms with Crippen LogP contribution < -0.4 is 0 Å². The van der Waals surface area contributed by atoms with Gasteiger partial charge in [-0.05, 0) is 0 Å². The first-order valence-electron chi connectivity index (χ1n) is 5.85. The van der Waals surface area contributed by atoms with Crippen molar-refractivity contribution in [1.82, 2.24) is 0 Å². The molecule has 0 nitrogen and oxygen atoms in total. The Balaban J connectivity index is 0.000000183. The van der Waals surface area contributed by atoms with E-state index in [1.165, 1.54) is 25.7 Å². The zero-order valence-electron chi connectivity index (χ0n) is 9.46. The van der Waals surface area contributed by atoms with Crippen LogP contribution in [0.25, 0.3) is 0 Å². The van der Waals surface area contributed by atoms with Crippen LogP contribution in [0.2, 0.25) is 0 Å². The van der Waals surface area contributed by atoms with Gasteiger partial charge in [0.2, 0.25) is 0 Å². The fourth-order valence-electron chi connectivity index (χ4n) is 2.24. The topological polar surface area (TPSA) is 0 Å². The molecule has 0 radical (unpaired) electrons. The van der Waals surface area contributed by atoms with E-state index in [9.17, 15) is 0 Å². The van der Waals surface area contributed by atoms with Gasteiger partial charge in [-0.3, -0.25) is 0 Å². The fourth-order valence-corrected chi connectivity index (χ4v) is 2.24. The predicted molar refractivity (Wildman–Crippen MR) is 65.3 cm³/mol. The van der Waals surface area contributed by atoms with Crippen molar-refractivity contribution in [3.8, 4) is 0 Å². The minimum atomic E-state index is 0. The number of hydrogen-bond acceptors (Lipinski definition) is 0. The molecule has 0 spiro atoms. The maximum atomic E-state index is 2.26. The molecule has 1 heteroatoms. The fraction of sp³-hybridized carbons (Fsp3) is 0.333. The quantitative estimate of drug-likeness (QED) is 0.520. The van der Waals surface area contributed by atoms with Crippen LogP contribution in [0.5, 0.6) is 0 Å². The van der Waals surface area contributed by atoms with Crippen molar-refractivity contribution in [3.05, 3.63) is 60.2 Å². The van der Waals surface area contributed by atoms with Crippen LogP contribution in [0.3, 0.4) is 0 Å². The number of hydrogen-bond donors (Lipinski definition) is 0. The Morgan fingerprint density at radius 3 is 1.69 bits per heavy atom. The van der Waals surface area contributed by atoms with Crippen molar-refractivity contribution in [2.45, 2.75) is 31.6 Å². The van der Waals surface area contributed by atoms with E-state index in [1.54, 1.807) is 5.56 Å². The molecule has 2 aromatic rings. The molecule has 0 heterocycles. The Kier molecular flexibility index (Phi) is 6.22. The molecule has 0 N–H and O–H groups in total. The molecule has 0 bridgehead atoms. The molecule has 92 valence electrons. The molecule has 1 fully saturated rings. The van der Waals surface area contributed by atoms with Crippen LogP contribution in [-0.4, -0.2) is 0 Å². The van der Waals surface area contributed by atoms with Crippen LogP contribution in [0.1, 0.15) is 37.2 Å². The van der Waals surface area contributed by atoms with Gasteiger partial charge in [0.25, 0.3) is 0 Å². The van der Waals surface area contributed by atoms with Crippen LogP contribution in [0.4, 0.5) is 0 Å². The van der Waals surface area contributed by atoms with E-state index in [2.05, 4.69) is 24.3 Å². The molecule has 0 aromatic heterocycles. The Bertz CT molecular complexity index is 308. The second-order valence-electron chi connectivity index (χ2n) is 4.16. The second kappa shape index (κ2) is 7.49. The van der Waals surface area contributed by atoms with Crippen LogP contribution in [0.15, 0.2) is 54.6 Å². The van der Waals surface area contributed by atoms with Crippen LogP contribution in [-0.2, 0) is 17.1 Å². The minimum absolute atomic E-state index is 0. The van der Waals surface area contributed by atoms with E-state index in [0.717, 1.165) is 5.92 Å². The summed E-state index contributed by atoms with van der Waals surface area (Å²) in [6.45, 7) is 0. The van der Waals surface area contributed by atoms with Crippen molar-refractivity contribution in [2.75, 3.05) is 0 Å². The molecule has 1 aliphatic rings. The molecule has 0 aliphatic heterocycles. The molecule has 0 amide bonds. The summed E-state index contributed by atoms with van der Waals surface area (Å²) in [5.74, 6) is 0.898. The molecular weight excluding hydrogens is 236 g/mol. The molecule has 1 aliphatic carbocycles. The Morgan fingerprint density at radius 2 is 1.25 bits per heavy atom. The van der Waals surface area contributed by atoms with E-state index in [1.807, 2.05) is 30.3 Å². The Morgan fingerprint density at radius 1 is 0.812 bits per heavy atom. The summed E-state index contributed by atoms with van der Waals surface area (Å²) in [7, 11) is 0. The van der Waals surface area contributed by atoms with Crippen LogP contribution in [0, 0.1) is 0 Å². The second-order valence-corrected chi connectivity index (χ2v) is 4.16. The van der Waals surface area contributed by atoms with E-state index in [-0.39, 0.29) is 17.1 Å². The summed E-state index contributed by atoms with van der Waals surface area (Å²) < 4.78 is 0. The van der Waals surface area contributed by atoms with E-state index < -0.39 is 0 Å². The van der Waals surface area contributed by atoms with Gasteiger partial charge in [-0.2, -0.15) is 17.7 Å². The summed E-state index contributed by atoms with van der Waals surface area (Å²) in [5.41, 5.74) is 1.57. The molecule has 0 unspecified atom stereocenters. The monoisotopic (exact) mass is 254 g/mol. The van der Waals surface area contributed by atoms with Gasteiger partial charge in [0.05, 0.1) is 0 Å². The third-order valence-corrected chi connectivity index (χ3v) is 3.07. The Labute approximate surface area is 109 Å². The molecule has 0 atom stereocenters. The first kappa shape index (κ1) is 13.3. The van der Waals surface area contributed by atoms with Crippen molar-refractivity contribution in [1.29, 1.82) is 0 Å². The number of rotatable bonds is 1. The molecule has 0 saturated heterocycles. The summed E-state index contributed by atoms with van der Waals surface area (Å²) >= 11 is 0. The average molecular weight is 254 g/mol. The first-order valence-corrected chi connectivity index (χ1v) is 5.85. The van der Waals surface area contributed by atoms with E-state index in [0.29, 0.717) is 0 Å². The zero-order chi connectivity index (χ0) is 10.3. The van der Waals surface area contributed by atoms with E-state index in [4.69, 9.17) is 0 Å². The third-order valence-electron chi connectivity index (χ3n) is 3.07. The van der Waals surface area contributed by atoms with Gasteiger partial charge in [-0.25, -0.2) is 12.1 Å². The molecule has 1 saturated carbocycles. The van der Waals surface area contributed by atoms with Gasteiger partial charge in [-0.15, -0.1) is 0 Å². The van der Waals surface area contributed by atoms with Crippen molar-refractivity contribution in [2.24, 2.45) is 0 Å². The minimum Gasteiger partial charge on any atom is -0.748 e. The van der Waals surface area contributed by atoms with Crippen molar-refractivity contribution >= 4 is 0 Å². The summed E-state index contributed by atoms with van der Waals surface area (Å²) in [4.78, 5) is 0. The maximum Gasteiger partial charge on any atom is 0 e. The first-order chi connectivity index (χ1) is 7.47. The largest absolute Gasteiger partial charge is 0.748 e. The zero-order valence-corrected chi connectivity index (χ0v) is 10.6. The standard InChI is InChI=1S/C10H13.C5H5.Fe/c1-2-6-9(5-1)10-7-3-4-8-10;1-2-4-5-3-1;/h1-2,5-6,10H,3-4,7-8H2;1-5H;/q-1;-5;. The van der Waals surface area contributed by atoms with Gasteiger partial charge in [-0.1, -0.05) is 31.6 Å². The van der Waals surface area contributed by atoms with Gasteiger partial charge < -0.3 is 30.3 Å². The average Bonchev–Trinajstić information content (AvgIpc) is 3.06. The SMILES string of the molecule is [Fe].[cH-]1[cH-][cH-][cH-][cH-]1.c1cc[c-](C2CCCC2)c1. The van der Waals surface area contributed by atoms with Gasteiger partial charge >= 0.3 is 0 Å². The third kappa shape index (κ3) is 4.00. The van der Waals surface area contributed by atoms with Crippen molar-refractivity contribution < 1.29 is 17.1 Å².